The molecule has 0 aliphatic rings. The quantitative estimate of drug-likeness (QED) is 0.392. The standard InChI is InChI=1S/C16H14F4S2/c1-2-11(13-5-3-9-21-13)12(14-6-4-10-22-14)7-8-16(19,20)15(17)18/h2-6,9-10,15H,1,7-8H2/b12-11-. The molecule has 22 heavy (non-hydrogen) atoms. The van der Waals surface area contributed by atoms with Gasteiger partial charge in [0, 0.05) is 16.2 Å². The Balaban J connectivity index is 2.38. The lowest BCUT2D eigenvalue weighted by atomic mass is 9.98. The molecular formula is C16H14F4S2. The average molecular weight is 346 g/mol. The van der Waals surface area contributed by atoms with E-state index in [9.17, 15) is 17.6 Å². The molecule has 0 amide bonds. The van der Waals surface area contributed by atoms with Crippen molar-refractivity contribution < 1.29 is 17.6 Å². The van der Waals surface area contributed by atoms with E-state index in [1.165, 1.54) is 22.7 Å². The Morgan fingerprint density at radius 3 is 2.18 bits per heavy atom. The lowest BCUT2D eigenvalue weighted by molar-refractivity contribution is -0.131. The highest BCUT2D eigenvalue weighted by Crippen LogP contribution is 2.38. The van der Waals surface area contributed by atoms with Gasteiger partial charge < -0.3 is 0 Å². The predicted molar refractivity (Wildman–Crippen MR) is 85.8 cm³/mol. The number of hydrogen-bond donors (Lipinski definition) is 0. The van der Waals surface area contributed by atoms with Crippen molar-refractivity contribution in [1.29, 1.82) is 0 Å². The van der Waals surface area contributed by atoms with Crippen molar-refractivity contribution in [2.24, 2.45) is 0 Å². The molecule has 0 aliphatic heterocycles. The number of halogens is 4. The van der Waals surface area contributed by atoms with Crippen LogP contribution in [0.2, 0.25) is 0 Å². The number of thiophene rings is 2. The zero-order chi connectivity index (χ0) is 16.2. The summed E-state index contributed by atoms with van der Waals surface area (Å²) in [6.07, 6.45) is -3.06. The Morgan fingerprint density at radius 1 is 1.14 bits per heavy atom. The predicted octanol–water partition coefficient (Wildman–Crippen LogP) is 6.59. The summed E-state index contributed by atoms with van der Waals surface area (Å²) >= 11 is 2.86. The summed E-state index contributed by atoms with van der Waals surface area (Å²) in [5.41, 5.74) is 1.36. The van der Waals surface area contributed by atoms with Crippen LogP contribution in [0.3, 0.4) is 0 Å². The van der Waals surface area contributed by atoms with E-state index in [4.69, 9.17) is 0 Å². The summed E-state index contributed by atoms with van der Waals surface area (Å²) in [4.78, 5) is 1.69. The van der Waals surface area contributed by atoms with Gasteiger partial charge in [-0.15, -0.1) is 22.7 Å². The molecule has 0 atom stereocenters. The SMILES string of the molecule is C=C/C(=C(\CCC(F)(F)C(F)F)c1cccs1)c1cccs1. The lowest BCUT2D eigenvalue weighted by Gasteiger charge is -2.17. The second kappa shape index (κ2) is 7.24. The van der Waals surface area contributed by atoms with Gasteiger partial charge in [-0.05, 0) is 40.5 Å². The monoisotopic (exact) mass is 346 g/mol. The first-order valence-electron chi connectivity index (χ1n) is 6.55. The fraction of sp³-hybridized carbons (Fsp3) is 0.250. The van der Waals surface area contributed by atoms with Gasteiger partial charge in [0.1, 0.15) is 0 Å². The smallest absolute Gasteiger partial charge is 0.204 e. The molecule has 0 aromatic carbocycles. The Morgan fingerprint density at radius 2 is 1.73 bits per heavy atom. The normalized spacial score (nSPS) is 13.3. The van der Waals surface area contributed by atoms with Crippen molar-refractivity contribution in [3.63, 3.8) is 0 Å². The molecule has 0 aliphatic carbocycles. The van der Waals surface area contributed by atoms with Crippen LogP contribution in [0.4, 0.5) is 17.6 Å². The van der Waals surface area contributed by atoms with Gasteiger partial charge in [0.25, 0.3) is 0 Å². The fourth-order valence-electron chi connectivity index (χ4n) is 2.05. The van der Waals surface area contributed by atoms with Gasteiger partial charge in [-0.25, -0.2) is 17.6 Å². The molecule has 2 rings (SSSR count). The van der Waals surface area contributed by atoms with Crippen molar-refractivity contribution in [1.82, 2.24) is 0 Å². The van der Waals surface area contributed by atoms with Crippen LogP contribution in [0.25, 0.3) is 11.1 Å². The Hall–Kier alpha value is -1.40. The van der Waals surface area contributed by atoms with E-state index in [-0.39, 0.29) is 6.42 Å². The molecule has 118 valence electrons. The fourth-order valence-corrected chi connectivity index (χ4v) is 3.66. The molecule has 0 fully saturated rings. The van der Waals surface area contributed by atoms with Crippen LogP contribution in [0.1, 0.15) is 22.6 Å². The summed E-state index contributed by atoms with van der Waals surface area (Å²) in [6, 6.07) is 7.32. The molecular weight excluding hydrogens is 332 g/mol. The van der Waals surface area contributed by atoms with E-state index >= 15 is 0 Å². The zero-order valence-electron chi connectivity index (χ0n) is 11.6. The van der Waals surface area contributed by atoms with Crippen LogP contribution in [-0.2, 0) is 0 Å². The molecule has 0 spiro atoms. The van der Waals surface area contributed by atoms with Crippen molar-refractivity contribution in [3.05, 3.63) is 57.4 Å². The summed E-state index contributed by atoms with van der Waals surface area (Å²) in [5, 5.41) is 3.70. The van der Waals surface area contributed by atoms with Crippen LogP contribution in [0.15, 0.2) is 47.7 Å². The van der Waals surface area contributed by atoms with Crippen LogP contribution in [0, 0.1) is 0 Å². The third-order valence-electron chi connectivity index (χ3n) is 3.16. The van der Waals surface area contributed by atoms with Crippen molar-refractivity contribution in [2.45, 2.75) is 25.2 Å². The molecule has 2 aromatic heterocycles. The molecule has 0 nitrogen and oxygen atoms in total. The molecule has 0 bridgehead atoms. The van der Waals surface area contributed by atoms with Gasteiger partial charge in [0.15, 0.2) is 0 Å². The summed E-state index contributed by atoms with van der Waals surface area (Å²) in [5.74, 6) is -3.98. The lowest BCUT2D eigenvalue weighted by Crippen LogP contribution is -2.26. The summed E-state index contributed by atoms with van der Waals surface area (Å²) in [6.45, 7) is 3.75. The van der Waals surface area contributed by atoms with E-state index in [1.54, 1.807) is 18.2 Å². The molecule has 0 saturated heterocycles. The minimum absolute atomic E-state index is 0.128. The first-order valence-corrected chi connectivity index (χ1v) is 8.31. The summed E-state index contributed by atoms with van der Waals surface area (Å²) < 4.78 is 51.3. The average Bonchev–Trinajstić information content (AvgIpc) is 3.15. The van der Waals surface area contributed by atoms with Gasteiger partial charge in [0.2, 0.25) is 0 Å². The Labute approximate surface area is 134 Å². The second-order valence-corrected chi connectivity index (χ2v) is 6.51. The summed E-state index contributed by atoms with van der Waals surface area (Å²) in [7, 11) is 0. The van der Waals surface area contributed by atoms with E-state index in [2.05, 4.69) is 6.58 Å². The maximum Gasteiger partial charge on any atom is 0.307 e. The molecule has 0 radical (unpaired) electrons. The van der Waals surface area contributed by atoms with Crippen molar-refractivity contribution >= 4 is 33.8 Å². The molecule has 0 unspecified atom stereocenters. The Bertz CT molecular complexity index is 625. The van der Waals surface area contributed by atoms with Crippen molar-refractivity contribution in [3.8, 4) is 0 Å². The molecule has 2 heterocycles. The van der Waals surface area contributed by atoms with Crippen LogP contribution in [0.5, 0.6) is 0 Å². The van der Waals surface area contributed by atoms with Crippen LogP contribution >= 0.6 is 22.7 Å². The first-order chi connectivity index (χ1) is 10.5. The van der Waals surface area contributed by atoms with E-state index < -0.39 is 18.8 Å². The van der Waals surface area contributed by atoms with Crippen LogP contribution < -0.4 is 0 Å². The van der Waals surface area contributed by atoms with E-state index in [0.717, 1.165) is 15.3 Å². The topological polar surface area (TPSA) is 0 Å². The van der Waals surface area contributed by atoms with E-state index in [1.807, 2.05) is 22.9 Å². The number of alkyl halides is 4. The number of allylic oxidation sites excluding steroid dienone is 3. The largest absolute Gasteiger partial charge is 0.307 e. The van der Waals surface area contributed by atoms with Gasteiger partial charge in [0.05, 0.1) is 0 Å². The third-order valence-corrected chi connectivity index (χ3v) is 4.99. The number of rotatable bonds is 7. The highest BCUT2D eigenvalue weighted by atomic mass is 32.1. The molecule has 6 heteroatoms. The van der Waals surface area contributed by atoms with Gasteiger partial charge in [-0.1, -0.05) is 24.8 Å². The molecule has 2 aromatic rings. The van der Waals surface area contributed by atoms with Gasteiger partial charge >= 0.3 is 12.3 Å². The second-order valence-electron chi connectivity index (χ2n) is 4.61. The highest BCUT2D eigenvalue weighted by Gasteiger charge is 2.40. The van der Waals surface area contributed by atoms with Crippen molar-refractivity contribution in [2.75, 3.05) is 0 Å². The minimum Gasteiger partial charge on any atom is -0.204 e. The Kier molecular flexibility index (Phi) is 5.58. The highest BCUT2D eigenvalue weighted by molar-refractivity contribution is 7.12. The van der Waals surface area contributed by atoms with Crippen LogP contribution in [-0.4, -0.2) is 12.3 Å². The van der Waals surface area contributed by atoms with Gasteiger partial charge in [-0.2, -0.15) is 0 Å². The number of hydrogen-bond acceptors (Lipinski definition) is 2. The maximum absolute atomic E-state index is 13.3. The third kappa shape index (κ3) is 3.87. The van der Waals surface area contributed by atoms with Gasteiger partial charge in [-0.3, -0.25) is 0 Å². The zero-order valence-corrected chi connectivity index (χ0v) is 13.2. The minimum atomic E-state index is -3.98. The first kappa shape index (κ1) is 17.0. The molecule has 0 N–H and O–H groups in total. The maximum atomic E-state index is 13.3. The molecule has 0 saturated carbocycles. The van der Waals surface area contributed by atoms with E-state index in [0.29, 0.717) is 5.57 Å².